The van der Waals surface area contributed by atoms with E-state index in [1.807, 2.05) is 32.0 Å². The molecule has 1 amide bonds. The fraction of sp³-hybridized carbons (Fsp3) is 0.444. The van der Waals surface area contributed by atoms with Crippen LogP contribution in [-0.2, 0) is 11.2 Å². The molecule has 1 aromatic heterocycles. The third-order valence-corrected chi connectivity index (χ3v) is 4.41. The molecule has 1 aliphatic heterocycles. The fourth-order valence-electron chi connectivity index (χ4n) is 3.12. The zero-order valence-electron chi connectivity index (χ0n) is 13.8. The Bertz CT molecular complexity index is 668. The molecular weight excluding hydrogens is 290 g/mol. The number of hydrogen-bond donors (Lipinski definition) is 1. The van der Waals surface area contributed by atoms with Crippen molar-refractivity contribution >= 4 is 17.3 Å². The Balaban J connectivity index is 1.64. The summed E-state index contributed by atoms with van der Waals surface area (Å²) in [6.07, 6.45) is 3.51. The van der Waals surface area contributed by atoms with Gasteiger partial charge in [0.2, 0.25) is 5.91 Å². The van der Waals surface area contributed by atoms with Gasteiger partial charge in [-0.3, -0.25) is 4.79 Å². The van der Waals surface area contributed by atoms with Crippen LogP contribution in [0.2, 0.25) is 0 Å². The monoisotopic (exact) mass is 313 g/mol. The first kappa shape index (κ1) is 15.6. The second kappa shape index (κ2) is 6.86. The van der Waals surface area contributed by atoms with E-state index in [4.69, 9.17) is 4.52 Å². The Morgan fingerprint density at radius 3 is 2.70 bits per heavy atom. The molecule has 0 atom stereocenters. The van der Waals surface area contributed by atoms with Crippen molar-refractivity contribution in [2.24, 2.45) is 0 Å². The molecule has 3 rings (SSSR count). The van der Waals surface area contributed by atoms with Crippen LogP contribution in [0.3, 0.4) is 0 Å². The molecule has 1 fully saturated rings. The Morgan fingerprint density at radius 2 is 2.00 bits per heavy atom. The van der Waals surface area contributed by atoms with Crippen molar-refractivity contribution in [3.05, 3.63) is 41.3 Å². The number of benzene rings is 1. The number of para-hydroxylation sites is 2. The highest BCUT2D eigenvalue weighted by Crippen LogP contribution is 2.28. The number of aromatic nitrogens is 1. The number of rotatable bonds is 5. The molecule has 5 heteroatoms. The average Bonchev–Trinajstić information content (AvgIpc) is 3.17. The van der Waals surface area contributed by atoms with E-state index in [-0.39, 0.29) is 5.91 Å². The van der Waals surface area contributed by atoms with Crippen LogP contribution >= 0.6 is 0 Å². The summed E-state index contributed by atoms with van der Waals surface area (Å²) in [6, 6.07) is 8.04. The van der Waals surface area contributed by atoms with Crippen molar-refractivity contribution < 1.29 is 9.32 Å². The molecule has 0 aliphatic carbocycles. The van der Waals surface area contributed by atoms with Crippen molar-refractivity contribution in [1.29, 1.82) is 0 Å². The molecule has 122 valence electrons. The molecule has 0 unspecified atom stereocenters. The lowest BCUT2D eigenvalue weighted by molar-refractivity contribution is -0.116. The van der Waals surface area contributed by atoms with E-state index >= 15 is 0 Å². The van der Waals surface area contributed by atoms with E-state index in [0.717, 1.165) is 41.5 Å². The van der Waals surface area contributed by atoms with Crippen LogP contribution < -0.4 is 10.2 Å². The van der Waals surface area contributed by atoms with Crippen molar-refractivity contribution in [2.75, 3.05) is 23.3 Å². The summed E-state index contributed by atoms with van der Waals surface area (Å²) in [4.78, 5) is 14.7. The van der Waals surface area contributed by atoms with Crippen LogP contribution in [0.4, 0.5) is 11.4 Å². The zero-order chi connectivity index (χ0) is 16.2. The molecule has 2 aromatic rings. The van der Waals surface area contributed by atoms with Gasteiger partial charge in [-0.25, -0.2) is 0 Å². The second-order valence-electron chi connectivity index (χ2n) is 6.06. The first-order valence-corrected chi connectivity index (χ1v) is 8.20. The minimum Gasteiger partial charge on any atom is -0.370 e. The van der Waals surface area contributed by atoms with Crippen LogP contribution in [0.5, 0.6) is 0 Å². The lowest BCUT2D eigenvalue weighted by atomic mass is 10.1. The quantitative estimate of drug-likeness (QED) is 0.918. The number of nitrogens with zero attached hydrogens (tertiary/aromatic N) is 2. The number of hydrogen-bond acceptors (Lipinski definition) is 4. The van der Waals surface area contributed by atoms with Crippen LogP contribution in [-0.4, -0.2) is 24.2 Å². The zero-order valence-corrected chi connectivity index (χ0v) is 13.8. The topological polar surface area (TPSA) is 58.4 Å². The number of anilines is 2. The van der Waals surface area contributed by atoms with Gasteiger partial charge >= 0.3 is 0 Å². The van der Waals surface area contributed by atoms with Crippen LogP contribution in [0.1, 0.15) is 36.3 Å². The molecule has 0 spiro atoms. The van der Waals surface area contributed by atoms with Crippen molar-refractivity contribution in [2.45, 2.75) is 39.5 Å². The summed E-state index contributed by atoms with van der Waals surface area (Å²) < 4.78 is 5.14. The lowest BCUT2D eigenvalue weighted by Gasteiger charge is -2.21. The van der Waals surface area contributed by atoms with Gasteiger partial charge in [0.05, 0.1) is 17.1 Å². The molecule has 1 aromatic carbocycles. The molecule has 2 heterocycles. The summed E-state index contributed by atoms with van der Waals surface area (Å²) in [5, 5.41) is 6.99. The summed E-state index contributed by atoms with van der Waals surface area (Å²) >= 11 is 0. The average molecular weight is 313 g/mol. The van der Waals surface area contributed by atoms with Gasteiger partial charge in [-0.15, -0.1) is 0 Å². The fourth-order valence-corrected chi connectivity index (χ4v) is 3.12. The second-order valence-corrected chi connectivity index (χ2v) is 6.06. The summed E-state index contributed by atoms with van der Waals surface area (Å²) in [5.74, 6) is 0.824. The predicted molar refractivity (Wildman–Crippen MR) is 90.8 cm³/mol. The SMILES string of the molecule is Cc1noc(C)c1CCC(=O)Nc1ccccc1N1CCCC1. The Hall–Kier alpha value is -2.30. The van der Waals surface area contributed by atoms with E-state index in [0.29, 0.717) is 12.8 Å². The lowest BCUT2D eigenvalue weighted by Crippen LogP contribution is -2.21. The number of aryl methyl sites for hydroxylation is 2. The minimum absolute atomic E-state index is 0.0247. The van der Waals surface area contributed by atoms with Crippen LogP contribution in [0.15, 0.2) is 28.8 Å². The minimum atomic E-state index is 0.0247. The maximum Gasteiger partial charge on any atom is 0.224 e. The molecule has 1 saturated heterocycles. The molecule has 1 aliphatic rings. The Labute approximate surface area is 136 Å². The highest BCUT2D eigenvalue weighted by Gasteiger charge is 2.17. The summed E-state index contributed by atoms with van der Waals surface area (Å²) in [5.41, 5.74) is 3.93. The van der Waals surface area contributed by atoms with E-state index in [1.54, 1.807) is 0 Å². The first-order chi connectivity index (χ1) is 11.1. The number of amides is 1. The largest absolute Gasteiger partial charge is 0.370 e. The van der Waals surface area contributed by atoms with Crippen LogP contribution in [0, 0.1) is 13.8 Å². The van der Waals surface area contributed by atoms with E-state index in [9.17, 15) is 4.79 Å². The number of nitrogens with one attached hydrogen (secondary N) is 1. The normalized spacial score (nSPS) is 14.3. The summed E-state index contributed by atoms with van der Waals surface area (Å²) in [6.45, 7) is 5.92. The third kappa shape index (κ3) is 3.55. The predicted octanol–water partition coefficient (Wildman–Crippen LogP) is 3.46. The maximum atomic E-state index is 12.3. The van der Waals surface area contributed by atoms with Gasteiger partial charge in [0.1, 0.15) is 5.76 Å². The molecule has 5 nitrogen and oxygen atoms in total. The third-order valence-electron chi connectivity index (χ3n) is 4.41. The molecule has 0 bridgehead atoms. The van der Waals surface area contributed by atoms with Gasteiger partial charge < -0.3 is 14.7 Å². The Morgan fingerprint density at radius 1 is 1.26 bits per heavy atom. The van der Waals surface area contributed by atoms with Gasteiger partial charge in [-0.2, -0.15) is 0 Å². The van der Waals surface area contributed by atoms with Crippen molar-refractivity contribution in [3.63, 3.8) is 0 Å². The van der Waals surface area contributed by atoms with Crippen molar-refractivity contribution in [3.8, 4) is 0 Å². The number of carbonyl (C=O) groups is 1. The molecule has 0 radical (unpaired) electrons. The Kier molecular flexibility index (Phi) is 4.65. The molecule has 0 saturated carbocycles. The van der Waals surface area contributed by atoms with Crippen molar-refractivity contribution in [1.82, 2.24) is 5.16 Å². The summed E-state index contributed by atoms with van der Waals surface area (Å²) in [7, 11) is 0. The van der Waals surface area contributed by atoms with E-state index in [2.05, 4.69) is 21.4 Å². The highest BCUT2D eigenvalue weighted by molar-refractivity contribution is 5.94. The molecule has 23 heavy (non-hydrogen) atoms. The standard InChI is InChI=1S/C18H23N3O2/c1-13-15(14(2)23-20-13)9-10-18(22)19-16-7-3-4-8-17(16)21-11-5-6-12-21/h3-4,7-8H,5-6,9-12H2,1-2H3,(H,19,22). The number of carbonyl (C=O) groups excluding carboxylic acids is 1. The molecule has 1 N–H and O–H groups in total. The maximum absolute atomic E-state index is 12.3. The van der Waals surface area contributed by atoms with E-state index in [1.165, 1.54) is 12.8 Å². The first-order valence-electron chi connectivity index (χ1n) is 8.20. The van der Waals surface area contributed by atoms with Gasteiger partial charge in [-0.1, -0.05) is 17.3 Å². The van der Waals surface area contributed by atoms with Gasteiger partial charge in [0.25, 0.3) is 0 Å². The van der Waals surface area contributed by atoms with E-state index < -0.39 is 0 Å². The van der Waals surface area contributed by atoms with Gasteiger partial charge in [-0.05, 0) is 45.2 Å². The smallest absolute Gasteiger partial charge is 0.224 e. The highest BCUT2D eigenvalue weighted by atomic mass is 16.5. The molecular formula is C18H23N3O2. The van der Waals surface area contributed by atoms with Gasteiger partial charge in [0.15, 0.2) is 0 Å². The van der Waals surface area contributed by atoms with Crippen LogP contribution in [0.25, 0.3) is 0 Å². The van der Waals surface area contributed by atoms with Gasteiger partial charge in [0, 0.05) is 25.1 Å².